The van der Waals surface area contributed by atoms with Gasteiger partial charge in [0.15, 0.2) is 0 Å². The first kappa shape index (κ1) is 97.5. The van der Waals surface area contributed by atoms with E-state index in [1.165, 1.54) is 27.8 Å². The van der Waals surface area contributed by atoms with Crippen molar-refractivity contribution in [2.24, 2.45) is 69.2 Å². The molecule has 20 heteroatoms. The van der Waals surface area contributed by atoms with Crippen LogP contribution in [0.5, 0.6) is 0 Å². The highest BCUT2D eigenvalue weighted by molar-refractivity contribution is 5.87. The molecule has 117 heavy (non-hydrogen) atoms. The van der Waals surface area contributed by atoms with E-state index in [4.69, 9.17) is 57.3 Å². The summed E-state index contributed by atoms with van der Waals surface area (Å²) in [5.74, 6) is -0.192. The first-order valence-corrected chi connectivity index (χ1v) is 42.1. The quantitative estimate of drug-likeness (QED) is 0.0169. The Labute approximate surface area is 698 Å². The summed E-state index contributed by atoms with van der Waals surface area (Å²) in [6.07, 6.45) is 15.3. The third-order valence-electron chi connectivity index (χ3n) is 20.0. The fourth-order valence-electron chi connectivity index (χ4n) is 13.3. The summed E-state index contributed by atoms with van der Waals surface area (Å²) in [4.78, 5) is 62.2. The van der Waals surface area contributed by atoms with Crippen molar-refractivity contribution in [2.45, 2.75) is 164 Å². The number of hydrogen-bond acceptors (Lipinski definition) is 15. The van der Waals surface area contributed by atoms with Gasteiger partial charge in [0.1, 0.15) is 0 Å². The van der Waals surface area contributed by atoms with Gasteiger partial charge in [-0.25, -0.2) is 0 Å². The van der Waals surface area contributed by atoms with Crippen LogP contribution in [0.2, 0.25) is 0 Å². The SMILES string of the molecule is NCCC[C@H](N)CNC(=O)C(CCc1ccccc1)Cc1ccccc1.NCCC[C@H](N)CNC(=O)C(Cc1ccccc1)Cc1ccccc1.NCCC[C@H](N)CNC(=O)C(c1ccccc1)c1ccccc1.NCCC[C@H](N)CNC(=O)CC(c1ccccc1)c1ccccc1.NCCC[C@H](N)CNC(=O)CCCc1ccccc1. The molecule has 9 aromatic rings. The number of hydrogen-bond donors (Lipinski definition) is 15. The molecule has 0 heterocycles. The van der Waals surface area contributed by atoms with E-state index in [9.17, 15) is 24.0 Å². The molecule has 0 fully saturated rings. The number of nitrogens with two attached hydrogens (primary N) is 10. The van der Waals surface area contributed by atoms with Crippen molar-refractivity contribution in [1.82, 2.24) is 26.6 Å². The van der Waals surface area contributed by atoms with Crippen molar-refractivity contribution in [3.63, 3.8) is 0 Å². The van der Waals surface area contributed by atoms with Gasteiger partial charge in [-0.1, -0.05) is 273 Å². The number of nitrogens with one attached hydrogen (secondary N) is 5. The van der Waals surface area contributed by atoms with Gasteiger partial charge in [-0.3, -0.25) is 24.0 Å². The van der Waals surface area contributed by atoms with Gasteiger partial charge in [-0.15, -0.1) is 0 Å². The predicted molar refractivity (Wildman–Crippen MR) is 482 cm³/mol. The minimum Gasteiger partial charge on any atom is -0.355 e. The average Bonchev–Trinajstić information content (AvgIpc) is 0.839. The maximum absolute atomic E-state index is 12.8. The molecule has 1 unspecified atom stereocenters. The van der Waals surface area contributed by atoms with Gasteiger partial charge in [0.05, 0.1) is 5.92 Å². The van der Waals surface area contributed by atoms with Crippen LogP contribution in [-0.2, 0) is 56.1 Å². The highest BCUT2D eigenvalue weighted by atomic mass is 16.2. The van der Waals surface area contributed by atoms with Crippen LogP contribution in [0.4, 0.5) is 0 Å². The maximum atomic E-state index is 12.8. The van der Waals surface area contributed by atoms with Crippen LogP contribution >= 0.6 is 0 Å². The van der Waals surface area contributed by atoms with Crippen LogP contribution in [0.3, 0.4) is 0 Å². The Bertz CT molecular complexity index is 3860. The van der Waals surface area contributed by atoms with Gasteiger partial charge in [-0.2, -0.15) is 0 Å². The number of carbonyl (C=O) groups excluding carboxylic acids is 5. The van der Waals surface area contributed by atoms with Crippen LogP contribution in [0.25, 0.3) is 0 Å². The summed E-state index contributed by atoms with van der Waals surface area (Å²) in [5, 5.41) is 14.9. The molecule has 0 bridgehead atoms. The highest BCUT2D eigenvalue weighted by Crippen LogP contribution is 2.29. The minimum atomic E-state index is -0.320. The molecule has 0 aromatic heterocycles. The van der Waals surface area contributed by atoms with Crippen LogP contribution in [-0.4, -0.2) is 125 Å². The number of aryl methyl sites for hydroxylation is 2. The summed E-state index contributed by atoms with van der Waals surface area (Å²) in [6, 6.07) is 90.7. The van der Waals surface area contributed by atoms with Crippen LogP contribution in [0.15, 0.2) is 273 Å². The molecule has 5 amide bonds. The van der Waals surface area contributed by atoms with Gasteiger partial charge in [0.25, 0.3) is 0 Å². The summed E-state index contributed by atoms with van der Waals surface area (Å²) in [6.45, 7) is 5.69. The lowest BCUT2D eigenvalue weighted by Gasteiger charge is -2.19. The molecule has 0 saturated carbocycles. The van der Waals surface area contributed by atoms with Crippen molar-refractivity contribution in [1.29, 1.82) is 0 Å². The topological polar surface area (TPSA) is 406 Å². The Hall–Kier alpha value is -10.1. The number of rotatable bonds is 47. The van der Waals surface area contributed by atoms with Crippen molar-refractivity contribution in [3.05, 3.63) is 323 Å². The molecule has 0 radical (unpaired) electrons. The molecule has 0 saturated heterocycles. The molecule has 6 atom stereocenters. The average molecular weight is 1590 g/mol. The molecule has 630 valence electrons. The molecular formula is C97H137N15O5. The van der Waals surface area contributed by atoms with E-state index < -0.39 is 0 Å². The summed E-state index contributed by atoms with van der Waals surface area (Å²) < 4.78 is 0. The largest absolute Gasteiger partial charge is 0.355 e. The Morgan fingerprint density at radius 1 is 0.256 bits per heavy atom. The standard InChI is InChI=1S/C22H31N3O.C21H29N3O.C20H27N3O.C19H25N3O.C15H25N3O/c23-15-7-12-21(24)17-25-22(26)20(16-19-10-5-2-6-11-19)14-13-18-8-3-1-4-9-18;22-13-7-12-20(23)16-24-21(25)19(14-17-8-3-1-4-9-17)15-18-10-5-2-6-11-18;21-13-7-12-18(22)15-23-20(24)14-19(16-8-3-1-4-9-16)17-10-5-2-6-11-17;20-13-7-12-17(21)14-22-19(23)18(15-8-3-1-4-9-15)16-10-5-2-6-11-16;16-11-5-9-14(17)12-18-15(19)10-4-8-13-6-2-1-3-7-13/h1-6,8-11,20-21H,7,12-17,23-24H2,(H,25,26);1-6,8-11,19-20H,7,12-16,22-23H2,(H,24,25);1-6,8-11,18-19H,7,12-15,21-22H2,(H,23,24);1-6,8-11,17-18H,7,12-14,20-21H2,(H,22,23);1-3,6-7,14H,4-5,8-12,16-17H2,(H,18,19)/t20?,21-;20-;18-;17-;14-/m00000/s1. The van der Waals surface area contributed by atoms with E-state index in [0.29, 0.717) is 78.3 Å². The van der Waals surface area contributed by atoms with E-state index in [2.05, 4.69) is 112 Å². The molecule has 25 N–H and O–H groups in total. The summed E-state index contributed by atoms with van der Waals surface area (Å²) in [7, 11) is 0. The smallest absolute Gasteiger partial charge is 0.232 e. The van der Waals surface area contributed by atoms with Gasteiger partial charge >= 0.3 is 0 Å². The Balaban J connectivity index is 0.000000262. The lowest BCUT2D eigenvalue weighted by molar-refractivity contribution is -0.125. The van der Waals surface area contributed by atoms with E-state index in [0.717, 1.165) is 131 Å². The molecule has 9 rings (SSSR count). The van der Waals surface area contributed by atoms with Crippen molar-refractivity contribution < 1.29 is 24.0 Å². The van der Waals surface area contributed by atoms with Crippen LogP contribution in [0.1, 0.15) is 152 Å². The van der Waals surface area contributed by atoms with E-state index >= 15 is 0 Å². The maximum Gasteiger partial charge on any atom is 0.232 e. The van der Waals surface area contributed by atoms with Gasteiger partial charge in [0.2, 0.25) is 29.5 Å². The normalized spacial score (nSPS) is 12.4. The third-order valence-corrected chi connectivity index (χ3v) is 20.0. The minimum absolute atomic E-state index is 0.0154. The van der Waals surface area contributed by atoms with E-state index in [1.54, 1.807) is 0 Å². The second-order valence-electron chi connectivity index (χ2n) is 30.0. The van der Waals surface area contributed by atoms with Crippen LogP contribution < -0.4 is 83.9 Å². The molecule has 0 aliphatic carbocycles. The van der Waals surface area contributed by atoms with E-state index in [-0.39, 0.29) is 83.4 Å². The monoisotopic (exact) mass is 1590 g/mol. The summed E-state index contributed by atoms with van der Waals surface area (Å²) >= 11 is 0. The highest BCUT2D eigenvalue weighted by Gasteiger charge is 2.25. The van der Waals surface area contributed by atoms with Crippen molar-refractivity contribution in [3.8, 4) is 0 Å². The zero-order valence-corrected chi connectivity index (χ0v) is 69.0. The molecule has 0 aliphatic rings. The number of carbonyl (C=O) groups is 5. The third kappa shape index (κ3) is 43.6. The fraction of sp³-hybridized carbons (Fsp3) is 0.392. The van der Waals surface area contributed by atoms with Crippen LogP contribution in [0, 0.1) is 11.8 Å². The molecule has 9 aromatic carbocycles. The second kappa shape index (κ2) is 61.3. The van der Waals surface area contributed by atoms with Crippen molar-refractivity contribution >= 4 is 29.5 Å². The lowest BCUT2D eigenvalue weighted by atomic mass is 9.88. The zero-order valence-electron chi connectivity index (χ0n) is 69.0. The second-order valence-corrected chi connectivity index (χ2v) is 30.0. The Morgan fingerprint density at radius 2 is 0.513 bits per heavy atom. The lowest BCUT2D eigenvalue weighted by Crippen LogP contribution is -2.41. The van der Waals surface area contributed by atoms with Gasteiger partial charge in [0, 0.05) is 93.5 Å². The Kier molecular flexibility index (Phi) is 51.1. The first-order chi connectivity index (χ1) is 57.0. The zero-order chi connectivity index (χ0) is 84.1. The first-order valence-electron chi connectivity index (χ1n) is 42.1. The fourth-order valence-corrected chi connectivity index (χ4v) is 13.3. The molecule has 0 aliphatic heterocycles. The predicted octanol–water partition coefficient (Wildman–Crippen LogP) is 10.5. The molecule has 20 nitrogen and oxygen atoms in total. The number of amides is 5. The van der Waals surface area contributed by atoms with E-state index in [1.807, 2.05) is 188 Å². The Morgan fingerprint density at radius 3 is 0.838 bits per heavy atom. The number of benzene rings is 9. The summed E-state index contributed by atoms with van der Waals surface area (Å²) in [5.41, 5.74) is 67.7. The van der Waals surface area contributed by atoms with Gasteiger partial charge in [-0.05, 0) is 192 Å². The molecular weight excluding hydrogens is 1460 g/mol. The molecule has 0 spiro atoms. The van der Waals surface area contributed by atoms with Crippen molar-refractivity contribution in [2.75, 3.05) is 65.4 Å². The van der Waals surface area contributed by atoms with Gasteiger partial charge < -0.3 is 83.9 Å².